The van der Waals surface area contributed by atoms with Crippen molar-refractivity contribution in [2.45, 2.75) is 45.1 Å². The lowest BCUT2D eigenvalue weighted by Crippen LogP contribution is -2.44. The average Bonchev–Trinajstić information content (AvgIpc) is 2.58. The Labute approximate surface area is 189 Å². The molecule has 0 saturated carbocycles. The van der Waals surface area contributed by atoms with Gasteiger partial charge in [-0.2, -0.15) is 18.0 Å². The van der Waals surface area contributed by atoms with Gasteiger partial charge in [-0.25, -0.2) is 22.9 Å². The van der Waals surface area contributed by atoms with Crippen LogP contribution in [0.4, 0.5) is 14.6 Å². The fraction of sp³-hybridized carbons (Fsp3) is 0.538. The van der Waals surface area contributed by atoms with Crippen molar-refractivity contribution in [2.75, 3.05) is 5.73 Å². The number of nitrogens with two attached hydrogens (primary N) is 1. The van der Waals surface area contributed by atoms with Crippen molar-refractivity contribution in [1.82, 2.24) is 9.55 Å². The maximum Gasteiger partial charge on any atom is 0.490 e. The Balaban J connectivity index is 3.21. The van der Waals surface area contributed by atoms with Crippen LogP contribution < -0.4 is 11.4 Å². The van der Waals surface area contributed by atoms with Gasteiger partial charge in [-0.1, -0.05) is 0 Å². The molecule has 5 atom stereocenters. The molecule has 0 aliphatic rings. The second-order valence-electron chi connectivity index (χ2n) is 6.80. The lowest BCUT2D eigenvalue weighted by atomic mass is 10.1. The molecule has 194 valence electrons. The number of ether oxygens (including phenoxy) is 1. The van der Waals surface area contributed by atoms with Gasteiger partial charge in [-0.3, -0.25) is 9.09 Å². The van der Waals surface area contributed by atoms with Gasteiger partial charge in [0, 0.05) is 0 Å². The monoisotopic (exact) mass is 557 g/mol. The van der Waals surface area contributed by atoms with Gasteiger partial charge in [-0.05, 0) is 26.7 Å². The number of rotatable bonds is 11. The van der Waals surface area contributed by atoms with E-state index in [1.54, 1.807) is 5.92 Å². The summed E-state index contributed by atoms with van der Waals surface area (Å²) in [5.41, 5.74) is 0.286. The van der Waals surface area contributed by atoms with E-state index in [4.69, 9.17) is 31.6 Å². The Morgan fingerprint density at radius 2 is 1.71 bits per heavy atom. The van der Waals surface area contributed by atoms with Gasteiger partial charge in [0.25, 0.3) is 0 Å². The Hall–Kier alpha value is -1.57. The largest absolute Gasteiger partial charge is 0.490 e. The SMILES string of the molecule is C#Cc1c(F)c(N)nc(=O)n1[C@H](O[C@@H](O)[C@@H](C)OP(=O)(O)OP(=O)(O)OP(=O)(O)O)C(C)(C)F. The molecule has 0 fully saturated rings. The van der Waals surface area contributed by atoms with Gasteiger partial charge >= 0.3 is 29.2 Å². The number of halogens is 2. The quantitative estimate of drug-likeness (QED) is 0.121. The third kappa shape index (κ3) is 8.58. The summed E-state index contributed by atoms with van der Waals surface area (Å²) in [5, 5.41) is 10.1. The van der Waals surface area contributed by atoms with Crippen molar-refractivity contribution in [3.8, 4) is 12.3 Å². The fourth-order valence-corrected chi connectivity index (χ4v) is 5.40. The number of phosphoric ester groups is 1. The summed E-state index contributed by atoms with van der Waals surface area (Å²) in [7, 11) is -17.2. The van der Waals surface area contributed by atoms with E-state index in [-0.39, 0.29) is 4.57 Å². The summed E-state index contributed by atoms with van der Waals surface area (Å²) in [6.45, 7) is 2.43. The van der Waals surface area contributed by atoms with Crippen LogP contribution in [-0.2, 0) is 31.6 Å². The molecule has 0 spiro atoms. The van der Waals surface area contributed by atoms with Crippen LogP contribution in [0.2, 0.25) is 0 Å². The third-order valence-electron chi connectivity index (χ3n) is 3.44. The third-order valence-corrected chi connectivity index (χ3v) is 7.37. The molecular formula is C13H20F2N3O13P3. The Morgan fingerprint density at radius 1 is 1.18 bits per heavy atom. The lowest BCUT2D eigenvalue weighted by molar-refractivity contribution is -0.229. The minimum Gasteiger partial charge on any atom is -0.381 e. The fourth-order valence-electron chi connectivity index (χ4n) is 2.21. The second kappa shape index (κ2) is 10.6. The molecule has 7 N–H and O–H groups in total. The minimum absolute atomic E-state index is 0.187. The van der Waals surface area contributed by atoms with Gasteiger partial charge in [0.15, 0.2) is 29.8 Å². The number of nitrogens with zero attached hydrogens (tertiary/aromatic N) is 2. The topological polar surface area (TPSA) is 250 Å². The van der Waals surface area contributed by atoms with Gasteiger partial charge in [-0.15, -0.1) is 6.42 Å². The van der Waals surface area contributed by atoms with Crippen LogP contribution in [0.1, 0.15) is 32.7 Å². The summed E-state index contributed by atoms with van der Waals surface area (Å²) in [5.74, 6) is -0.553. The van der Waals surface area contributed by atoms with E-state index in [0.29, 0.717) is 0 Å². The number of hydrogen-bond acceptors (Lipinski definition) is 11. The first-order chi connectivity index (χ1) is 15.1. The first-order valence-corrected chi connectivity index (χ1v) is 13.0. The summed E-state index contributed by atoms with van der Waals surface area (Å²) >= 11 is 0. The summed E-state index contributed by atoms with van der Waals surface area (Å²) < 4.78 is 79.4. The number of hydrogen-bond donors (Lipinski definition) is 6. The number of aromatic nitrogens is 2. The predicted octanol–water partition coefficient (Wildman–Crippen LogP) is 0.259. The minimum atomic E-state index is -5.86. The second-order valence-corrected chi connectivity index (χ2v) is 11.2. The van der Waals surface area contributed by atoms with Crippen molar-refractivity contribution in [3.05, 3.63) is 22.0 Å². The van der Waals surface area contributed by atoms with Gasteiger partial charge in [0.2, 0.25) is 0 Å². The Bertz CT molecular complexity index is 1160. The molecule has 2 unspecified atom stereocenters. The number of anilines is 1. The number of alkyl halides is 1. The van der Waals surface area contributed by atoms with E-state index in [1.165, 1.54) is 0 Å². The van der Waals surface area contributed by atoms with Crippen LogP contribution in [-0.4, -0.2) is 52.3 Å². The molecule has 0 saturated heterocycles. The molecular weight excluding hydrogens is 537 g/mol. The smallest absolute Gasteiger partial charge is 0.381 e. The highest BCUT2D eigenvalue weighted by atomic mass is 31.3. The molecule has 0 radical (unpaired) electrons. The molecule has 16 nitrogen and oxygen atoms in total. The van der Waals surface area contributed by atoms with E-state index in [2.05, 4.69) is 18.1 Å². The van der Waals surface area contributed by atoms with Crippen LogP contribution in [0, 0.1) is 18.2 Å². The maximum absolute atomic E-state index is 14.8. The highest BCUT2D eigenvalue weighted by Crippen LogP contribution is 2.66. The van der Waals surface area contributed by atoms with E-state index in [1.807, 2.05) is 0 Å². The molecule has 0 aliphatic heterocycles. The normalized spacial score (nSPS) is 18.9. The molecule has 0 aliphatic carbocycles. The van der Waals surface area contributed by atoms with Gasteiger partial charge in [0.05, 0.1) is 0 Å². The van der Waals surface area contributed by atoms with Gasteiger partial charge < -0.3 is 35.2 Å². The highest BCUT2D eigenvalue weighted by Gasteiger charge is 2.43. The van der Waals surface area contributed by atoms with Crippen molar-refractivity contribution in [1.29, 1.82) is 0 Å². The molecule has 0 bridgehead atoms. The summed E-state index contributed by atoms with van der Waals surface area (Å²) in [4.78, 5) is 51.0. The number of phosphoric acid groups is 3. The van der Waals surface area contributed by atoms with Crippen LogP contribution >= 0.6 is 23.5 Å². The molecule has 34 heavy (non-hydrogen) atoms. The van der Waals surface area contributed by atoms with E-state index < -0.39 is 70.8 Å². The Morgan fingerprint density at radius 3 is 2.15 bits per heavy atom. The first-order valence-electron chi connectivity index (χ1n) is 8.49. The van der Waals surface area contributed by atoms with Crippen LogP contribution in [0.3, 0.4) is 0 Å². The van der Waals surface area contributed by atoms with Crippen LogP contribution in [0.25, 0.3) is 0 Å². The molecule has 0 amide bonds. The van der Waals surface area contributed by atoms with E-state index >= 15 is 0 Å². The number of terminal acetylenes is 1. The molecule has 1 heterocycles. The zero-order chi connectivity index (χ0) is 26.9. The van der Waals surface area contributed by atoms with Gasteiger partial charge in [0.1, 0.15) is 11.8 Å². The Kier molecular flexibility index (Phi) is 9.49. The molecule has 21 heteroatoms. The zero-order valence-electron chi connectivity index (χ0n) is 17.4. The predicted molar refractivity (Wildman–Crippen MR) is 107 cm³/mol. The zero-order valence-corrected chi connectivity index (χ0v) is 20.1. The highest BCUT2D eigenvalue weighted by molar-refractivity contribution is 7.66. The molecule has 1 rings (SSSR count). The van der Waals surface area contributed by atoms with E-state index in [9.17, 15) is 37.3 Å². The van der Waals surface area contributed by atoms with E-state index in [0.717, 1.165) is 20.8 Å². The summed E-state index contributed by atoms with van der Waals surface area (Å²) in [6.07, 6.45) is -1.57. The van der Waals surface area contributed by atoms with Crippen molar-refractivity contribution in [2.24, 2.45) is 0 Å². The standard InChI is InChI=1S/C13H20F2N3O13P3/c1-5-7-8(14)9(16)17-12(20)18(7)11(13(3,4)15)28-10(19)6(2)29-33(24,25)31-34(26,27)30-32(21,22)23/h1,6,10-11,19H,2-4H3,(H,24,25)(H,26,27)(H2,16,17,20)(H2,21,22,23)/t6-,10-,11-/m1/s1. The lowest BCUT2D eigenvalue weighted by Gasteiger charge is -2.33. The molecule has 1 aromatic heterocycles. The average molecular weight is 557 g/mol. The number of aliphatic hydroxyl groups is 1. The molecule has 1 aromatic rings. The maximum atomic E-state index is 14.8. The van der Waals surface area contributed by atoms with Crippen molar-refractivity contribution in [3.63, 3.8) is 0 Å². The molecule has 0 aromatic carbocycles. The summed E-state index contributed by atoms with van der Waals surface area (Å²) in [6, 6.07) is 0. The number of aliphatic hydroxyl groups excluding tert-OH is 1. The number of nitrogen functional groups attached to an aromatic ring is 1. The van der Waals surface area contributed by atoms with Crippen LogP contribution in [0.5, 0.6) is 0 Å². The van der Waals surface area contributed by atoms with Crippen molar-refractivity contribution >= 4 is 29.3 Å². The first kappa shape index (κ1) is 30.5. The van der Waals surface area contributed by atoms with Crippen LogP contribution in [0.15, 0.2) is 4.79 Å². The van der Waals surface area contributed by atoms with Crippen molar-refractivity contribution < 1.29 is 65.0 Å².